The van der Waals surface area contributed by atoms with Crippen molar-refractivity contribution in [3.63, 3.8) is 0 Å². The summed E-state index contributed by atoms with van der Waals surface area (Å²) < 4.78 is 15.2. The lowest BCUT2D eigenvalue weighted by Crippen LogP contribution is -2.27. The van der Waals surface area contributed by atoms with Crippen LogP contribution in [-0.4, -0.2) is 26.6 Å². The van der Waals surface area contributed by atoms with Crippen LogP contribution < -0.4 is 16.5 Å². The number of nitrogens with one attached hydrogen (secondary N) is 1. The Labute approximate surface area is 156 Å². The van der Waals surface area contributed by atoms with Gasteiger partial charge >= 0.3 is 0 Å². The van der Waals surface area contributed by atoms with Gasteiger partial charge in [0.1, 0.15) is 11.5 Å². The number of hydrogen-bond donors (Lipinski definition) is 2. The Morgan fingerprint density at radius 1 is 1.33 bits per heavy atom. The van der Waals surface area contributed by atoms with Gasteiger partial charge in [-0.05, 0) is 19.1 Å². The highest BCUT2D eigenvalue weighted by molar-refractivity contribution is 7.14. The molecule has 0 bridgehead atoms. The second kappa shape index (κ2) is 7.46. The zero-order valence-electron chi connectivity index (χ0n) is 14.1. The first-order chi connectivity index (χ1) is 12.8. The third kappa shape index (κ3) is 4.06. The maximum atomic E-state index is 14.1. The molecule has 2 heterocycles. The van der Waals surface area contributed by atoms with E-state index >= 15 is 0 Å². The summed E-state index contributed by atoms with van der Waals surface area (Å²) in [6, 6.07) is 7.08. The fourth-order valence-electron chi connectivity index (χ4n) is 2.35. The number of thiazole rings is 1. The molecule has 0 fully saturated rings. The zero-order valence-corrected chi connectivity index (χ0v) is 14.9. The number of amides is 2. The molecule has 0 spiro atoms. The number of aryl methyl sites for hydroxylation is 1. The number of carbonyl (C=O) groups excluding carboxylic acids is 2. The molecule has 2 amide bonds. The maximum absolute atomic E-state index is 14.1. The minimum absolute atomic E-state index is 0.0603. The van der Waals surface area contributed by atoms with Crippen molar-refractivity contribution >= 4 is 28.3 Å². The minimum atomic E-state index is -0.787. The highest BCUT2D eigenvalue weighted by atomic mass is 32.1. The second-order valence-corrected chi connectivity index (χ2v) is 6.46. The van der Waals surface area contributed by atoms with Crippen molar-refractivity contribution in [2.24, 2.45) is 5.73 Å². The normalized spacial score (nSPS) is 10.6. The molecule has 3 rings (SSSR count). The van der Waals surface area contributed by atoms with Crippen LogP contribution in [0.15, 0.2) is 40.5 Å². The summed E-state index contributed by atoms with van der Waals surface area (Å²) >= 11 is 1.08. The largest absolute Gasteiger partial charge is 0.369 e. The molecular weight excluding hydrogens is 373 g/mol. The smallest absolute Gasteiger partial charge is 0.281 e. The number of primary amides is 1. The summed E-state index contributed by atoms with van der Waals surface area (Å²) in [5.41, 5.74) is 4.98. The molecule has 0 aliphatic carbocycles. The maximum Gasteiger partial charge on any atom is 0.281 e. The molecule has 3 aromatic rings. The lowest BCUT2D eigenvalue weighted by molar-refractivity contribution is -0.117. The number of halogens is 1. The summed E-state index contributed by atoms with van der Waals surface area (Å²) in [6.45, 7) is 1.58. The Hall–Kier alpha value is -3.40. The summed E-state index contributed by atoms with van der Waals surface area (Å²) in [6.07, 6.45) is -0.0603. The van der Waals surface area contributed by atoms with Crippen LogP contribution in [0, 0.1) is 12.7 Å². The number of hydrogen-bond acceptors (Lipinski definition) is 6. The van der Waals surface area contributed by atoms with E-state index in [9.17, 15) is 18.8 Å². The Kier molecular flexibility index (Phi) is 5.08. The van der Waals surface area contributed by atoms with Crippen LogP contribution in [0.25, 0.3) is 5.69 Å². The first kappa shape index (κ1) is 18.4. The molecule has 0 radical (unpaired) electrons. The quantitative estimate of drug-likeness (QED) is 0.686. The molecule has 0 unspecified atom stereocenters. The van der Waals surface area contributed by atoms with E-state index in [1.54, 1.807) is 18.4 Å². The highest BCUT2D eigenvalue weighted by Gasteiger charge is 2.18. The van der Waals surface area contributed by atoms with E-state index in [0.29, 0.717) is 11.4 Å². The van der Waals surface area contributed by atoms with Crippen LogP contribution in [-0.2, 0) is 11.2 Å². The zero-order chi connectivity index (χ0) is 19.6. The number of rotatable bonds is 5. The molecule has 138 valence electrons. The summed E-state index contributed by atoms with van der Waals surface area (Å²) in [5, 5.41) is 8.22. The number of carbonyl (C=O) groups is 2. The summed E-state index contributed by atoms with van der Waals surface area (Å²) in [5.74, 6) is -1.88. The van der Waals surface area contributed by atoms with E-state index < -0.39 is 28.8 Å². The number of benzene rings is 1. The lowest BCUT2D eigenvalue weighted by atomic mass is 10.2. The average Bonchev–Trinajstić information content (AvgIpc) is 3.02. The van der Waals surface area contributed by atoms with Crippen LogP contribution in [0.5, 0.6) is 0 Å². The molecule has 2 aromatic heterocycles. The first-order valence-corrected chi connectivity index (χ1v) is 8.63. The van der Waals surface area contributed by atoms with Crippen molar-refractivity contribution in [2.45, 2.75) is 13.3 Å². The highest BCUT2D eigenvalue weighted by Crippen LogP contribution is 2.17. The van der Waals surface area contributed by atoms with Gasteiger partial charge in [0.2, 0.25) is 11.3 Å². The Bertz CT molecular complexity index is 1090. The SMILES string of the molecule is Cc1cc(=O)c(C(=O)Nc2nc(CC(N)=O)cs2)nn1-c1ccccc1F. The molecule has 27 heavy (non-hydrogen) atoms. The van der Waals surface area contributed by atoms with Gasteiger partial charge in [0, 0.05) is 17.1 Å². The third-order valence-corrected chi connectivity index (χ3v) is 4.34. The molecule has 0 aliphatic heterocycles. The van der Waals surface area contributed by atoms with E-state index in [1.165, 1.54) is 28.9 Å². The van der Waals surface area contributed by atoms with Crippen molar-refractivity contribution in [3.8, 4) is 5.69 Å². The summed E-state index contributed by atoms with van der Waals surface area (Å²) in [4.78, 5) is 39.6. The van der Waals surface area contributed by atoms with Crippen molar-refractivity contribution in [2.75, 3.05) is 5.32 Å². The summed E-state index contributed by atoms with van der Waals surface area (Å²) in [7, 11) is 0. The van der Waals surface area contributed by atoms with Crippen LogP contribution >= 0.6 is 11.3 Å². The van der Waals surface area contributed by atoms with Gasteiger partial charge in [-0.2, -0.15) is 5.10 Å². The number of aromatic nitrogens is 3. The Balaban J connectivity index is 1.92. The average molecular weight is 387 g/mol. The Morgan fingerprint density at radius 3 is 2.78 bits per heavy atom. The molecule has 3 N–H and O–H groups in total. The van der Waals surface area contributed by atoms with E-state index in [-0.39, 0.29) is 17.2 Å². The van der Waals surface area contributed by atoms with E-state index in [4.69, 9.17) is 5.73 Å². The van der Waals surface area contributed by atoms with Gasteiger partial charge in [-0.15, -0.1) is 11.3 Å². The van der Waals surface area contributed by atoms with E-state index in [1.807, 2.05) is 0 Å². The fraction of sp³-hybridized carbons (Fsp3) is 0.118. The van der Waals surface area contributed by atoms with Crippen molar-refractivity contribution in [1.82, 2.24) is 14.8 Å². The second-order valence-electron chi connectivity index (χ2n) is 5.60. The molecule has 0 saturated heterocycles. The van der Waals surface area contributed by atoms with Crippen molar-refractivity contribution in [3.05, 3.63) is 68.8 Å². The number of anilines is 1. The molecule has 0 atom stereocenters. The van der Waals surface area contributed by atoms with Gasteiger partial charge in [0.25, 0.3) is 5.91 Å². The number of nitrogens with zero attached hydrogens (tertiary/aromatic N) is 3. The third-order valence-electron chi connectivity index (χ3n) is 3.53. The molecule has 0 saturated carbocycles. The predicted octanol–water partition coefficient (Wildman–Crippen LogP) is 1.42. The molecule has 0 aliphatic rings. The fourth-order valence-corrected chi connectivity index (χ4v) is 3.06. The van der Waals surface area contributed by atoms with Gasteiger partial charge in [-0.3, -0.25) is 19.7 Å². The van der Waals surface area contributed by atoms with Gasteiger partial charge < -0.3 is 5.73 Å². The van der Waals surface area contributed by atoms with Gasteiger partial charge in [-0.25, -0.2) is 14.1 Å². The molecule has 10 heteroatoms. The van der Waals surface area contributed by atoms with Crippen molar-refractivity contribution < 1.29 is 14.0 Å². The molecule has 8 nitrogen and oxygen atoms in total. The minimum Gasteiger partial charge on any atom is -0.369 e. The van der Waals surface area contributed by atoms with Crippen LogP contribution in [0.3, 0.4) is 0 Å². The monoisotopic (exact) mass is 387 g/mol. The predicted molar refractivity (Wildman–Crippen MR) is 97.5 cm³/mol. The van der Waals surface area contributed by atoms with E-state index in [0.717, 1.165) is 11.3 Å². The van der Waals surface area contributed by atoms with Gasteiger partial charge in [-0.1, -0.05) is 12.1 Å². The van der Waals surface area contributed by atoms with Crippen molar-refractivity contribution in [1.29, 1.82) is 0 Å². The van der Waals surface area contributed by atoms with Crippen LogP contribution in [0.4, 0.5) is 9.52 Å². The van der Waals surface area contributed by atoms with Crippen LogP contribution in [0.1, 0.15) is 21.9 Å². The van der Waals surface area contributed by atoms with Crippen LogP contribution in [0.2, 0.25) is 0 Å². The first-order valence-electron chi connectivity index (χ1n) is 7.75. The number of nitrogens with two attached hydrogens (primary N) is 1. The van der Waals surface area contributed by atoms with Gasteiger partial charge in [0.05, 0.1) is 12.1 Å². The lowest BCUT2D eigenvalue weighted by Gasteiger charge is -2.11. The Morgan fingerprint density at radius 2 is 2.07 bits per heavy atom. The molecule has 1 aromatic carbocycles. The number of para-hydroxylation sites is 1. The molecular formula is C17H14FN5O3S. The van der Waals surface area contributed by atoms with E-state index in [2.05, 4.69) is 15.4 Å². The topological polar surface area (TPSA) is 120 Å². The standard InChI is InChI=1S/C17H14FN5O3S/c1-9-6-13(24)15(22-23(9)12-5-3-2-4-11(12)18)16(26)21-17-20-10(8-27-17)7-14(19)25/h2-6,8H,7H2,1H3,(H2,19,25)(H,20,21,26). The van der Waals surface area contributed by atoms with Gasteiger partial charge in [0.15, 0.2) is 10.8 Å².